The Balaban J connectivity index is 1.69. The summed E-state index contributed by atoms with van der Waals surface area (Å²) in [5.74, 6) is -0.201. The van der Waals surface area contributed by atoms with Crippen molar-refractivity contribution in [1.82, 2.24) is 20.2 Å². The van der Waals surface area contributed by atoms with Gasteiger partial charge in [0.1, 0.15) is 11.6 Å². The molecule has 0 fully saturated rings. The highest BCUT2D eigenvalue weighted by Gasteiger charge is 2.18. The van der Waals surface area contributed by atoms with E-state index in [2.05, 4.69) is 30.8 Å². The maximum atomic E-state index is 13.3. The van der Waals surface area contributed by atoms with Crippen molar-refractivity contribution in [3.05, 3.63) is 53.6 Å². The van der Waals surface area contributed by atoms with Gasteiger partial charge in [-0.2, -0.15) is 0 Å². The standard InChI is InChI=1S/C19H15ClFN7O2/c1-28(2)19-27-26-17(30-19)12-7-10-9-22-6-5-15(10)24-16(12)25-18(29)23-11-3-4-14(21)13(20)8-11/h3-9H,1-2H3,(H2,23,24,25,29). The van der Waals surface area contributed by atoms with Gasteiger partial charge in [0, 0.05) is 37.6 Å². The van der Waals surface area contributed by atoms with Crippen LogP contribution in [0.15, 0.2) is 47.1 Å². The van der Waals surface area contributed by atoms with Crippen molar-refractivity contribution < 1.29 is 13.6 Å². The lowest BCUT2D eigenvalue weighted by atomic mass is 10.2. The first-order valence-electron chi connectivity index (χ1n) is 8.70. The van der Waals surface area contributed by atoms with Gasteiger partial charge in [0.05, 0.1) is 16.1 Å². The first-order chi connectivity index (χ1) is 14.4. The molecule has 0 spiro atoms. The van der Waals surface area contributed by atoms with Gasteiger partial charge in [-0.3, -0.25) is 10.3 Å². The molecule has 0 unspecified atom stereocenters. The molecule has 3 heterocycles. The SMILES string of the molecule is CN(C)c1nnc(-c2cc3cnccc3nc2NC(=O)Nc2ccc(F)c(Cl)c2)o1. The van der Waals surface area contributed by atoms with Gasteiger partial charge in [0.15, 0.2) is 0 Å². The Labute approximate surface area is 174 Å². The molecule has 2 N–H and O–H groups in total. The number of hydrogen-bond donors (Lipinski definition) is 2. The van der Waals surface area contributed by atoms with Gasteiger partial charge in [-0.1, -0.05) is 16.7 Å². The summed E-state index contributed by atoms with van der Waals surface area (Å²) in [6, 6.07) is 7.00. The molecule has 3 aromatic heterocycles. The molecule has 11 heteroatoms. The van der Waals surface area contributed by atoms with Gasteiger partial charge >= 0.3 is 12.0 Å². The van der Waals surface area contributed by atoms with Gasteiger partial charge in [0.25, 0.3) is 5.89 Å². The fourth-order valence-electron chi connectivity index (χ4n) is 2.62. The maximum absolute atomic E-state index is 13.3. The number of amides is 2. The summed E-state index contributed by atoms with van der Waals surface area (Å²) in [6.45, 7) is 0. The number of carbonyl (C=O) groups excluding carboxylic acids is 1. The molecule has 1 aromatic carbocycles. The Morgan fingerprint density at radius 2 is 2.00 bits per heavy atom. The van der Waals surface area contributed by atoms with Crippen LogP contribution < -0.4 is 15.5 Å². The lowest BCUT2D eigenvalue weighted by molar-refractivity contribution is 0.262. The number of pyridine rings is 2. The van der Waals surface area contributed by atoms with E-state index in [9.17, 15) is 9.18 Å². The Bertz CT molecular complexity index is 1240. The van der Waals surface area contributed by atoms with Crippen LogP contribution in [0.1, 0.15) is 0 Å². The Morgan fingerprint density at radius 3 is 2.73 bits per heavy atom. The van der Waals surface area contributed by atoms with E-state index in [1.165, 1.54) is 12.1 Å². The lowest BCUT2D eigenvalue weighted by Gasteiger charge is -2.11. The van der Waals surface area contributed by atoms with Crippen molar-refractivity contribution in [2.45, 2.75) is 0 Å². The number of carbonyl (C=O) groups is 1. The van der Waals surface area contributed by atoms with Crippen molar-refractivity contribution in [3.63, 3.8) is 0 Å². The molecule has 0 saturated heterocycles. The Kier molecular flexibility index (Phi) is 5.15. The van der Waals surface area contributed by atoms with Crippen molar-refractivity contribution in [1.29, 1.82) is 0 Å². The smallest absolute Gasteiger partial charge is 0.324 e. The number of nitrogens with one attached hydrogen (secondary N) is 2. The highest BCUT2D eigenvalue weighted by Crippen LogP contribution is 2.30. The monoisotopic (exact) mass is 427 g/mol. The second-order valence-corrected chi connectivity index (χ2v) is 6.85. The molecule has 30 heavy (non-hydrogen) atoms. The van der Waals surface area contributed by atoms with E-state index < -0.39 is 11.8 Å². The molecule has 152 valence electrons. The van der Waals surface area contributed by atoms with Gasteiger partial charge in [-0.25, -0.2) is 14.2 Å². The third kappa shape index (κ3) is 3.98. The predicted octanol–water partition coefficient (Wildman–Crippen LogP) is 4.18. The number of fused-ring (bicyclic) bond motifs is 1. The topological polar surface area (TPSA) is 109 Å². The third-order valence-corrected chi connectivity index (χ3v) is 4.34. The van der Waals surface area contributed by atoms with E-state index in [0.717, 1.165) is 11.5 Å². The summed E-state index contributed by atoms with van der Waals surface area (Å²) in [6.07, 6.45) is 3.23. The molecule has 2 amide bonds. The zero-order valence-electron chi connectivity index (χ0n) is 15.8. The summed E-state index contributed by atoms with van der Waals surface area (Å²) >= 11 is 5.76. The molecule has 0 saturated carbocycles. The van der Waals surface area contributed by atoms with Gasteiger partial charge in [-0.05, 0) is 30.3 Å². The van der Waals surface area contributed by atoms with Crippen LogP contribution in [0.5, 0.6) is 0 Å². The van der Waals surface area contributed by atoms with E-state index in [4.69, 9.17) is 16.0 Å². The van der Waals surface area contributed by atoms with Crippen LogP contribution in [0.3, 0.4) is 0 Å². The molecule has 4 aromatic rings. The van der Waals surface area contributed by atoms with Gasteiger partial charge in [0.2, 0.25) is 0 Å². The van der Waals surface area contributed by atoms with E-state index in [1.807, 2.05) is 0 Å². The third-order valence-electron chi connectivity index (χ3n) is 4.05. The maximum Gasteiger partial charge on any atom is 0.324 e. The van der Waals surface area contributed by atoms with Crippen LogP contribution in [0.4, 0.5) is 26.7 Å². The van der Waals surface area contributed by atoms with Crippen LogP contribution in [0, 0.1) is 5.82 Å². The number of hydrogen-bond acceptors (Lipinski definition) is 7. The number of anilines is 3. The second kappa shape index (κ2) is 7.91. The Hall–Kier alpha value is -3.79. The molecule has 0 aliphatic rings. The number of halogens is 2. The highest BCUT2D eigenvalue weighted by atomic mass is 35.5. The summed E-state index contributed by atoms with van der Waals surface area (Å²) in [4.78, 5) is 22.7. The summed E-state index contributed by atoms with van der Waals surface area (Å²) in [5, 5.41) is 13.9. The molecule has 0 bridgehead atoms. The van der Waals surface area contributed by atoms with Gasteiger partial charge in [-0.15, -0.1) is 5.10 Å². The molecule has 0 atom stereocenters. The summed E-state index contributed by atoms with van der Waals surface area (Å²) in [5.41, 5.74) is 1.35. The van der Waals surface area contributed by atoms with Crippen LogP contribution in [-0.4, -0.2) is 40.3 Å². The minimum atomic E-state index is -0.604. The average Bonchev–Trinajstić information content (AvgIpc) is 3.20. The molecule has 4 rings (SSSR count). The van der Waals surface area contributed by atoms with Crippen LogP contribution in [0.25, 0.3) is 22.4 Å². The molecule has 0 aliphatic carbocycles. The number of urea groups is 1. The average molecular weight is 428 g/mol. The molecular weight excluding hydrogens is 413 g/mol. The minimum absolute atomic E-state index is 0.105. The predicted molar refractivity (Wildman–Crippen MR) is 111 cm³/mol. The second-order valence-electron chi connectivity index (χ2n) is 6.45. The first-order valence-corrected chi connectivity index (χ1v) is 9.07. The van der Waals surface area contributed by atoms with E-state index in [0.29, 0.717) is 22.8 Å². The fraction of sp³-hybridized carbons (Fsp3) is 0.105. The number of benzene rings is 1. The molecule has 0 aliphatic heterocycles. The van der Waals surface area contributed by atoms with Crippen molar-refractivity contribution in [2.75, 3.05) is 29.6 Å². The number of nitrogens with zero attached hydrogens (tertiary/aromatic N) is 5. The summed E-state index contributed by atoms with van der Waals surface area (Å²) in [7, 11) is 3.53. The van der Waals surface area contributed by atoms with E-state index in [-0.39, 0.29) is 16.7 Å². The largest absolute Gasteiger partial charge is 0.403 e. The number of rotatable bonds is 4. The van der Waals surface area contributed by atoms with E-state index >= 15 is 0 Å². The highest BCUT2D eigenvalue weighted by molar-refractivity contribution is 6.31. The normalized spacial score (nSPS) is 10.8. The first kappa shape index (κ1) is 19.5. The van der Waals surface area contributed by atoms with Crippen LogP contribution in [0.2, 0.25) is 5.02 Å². The van der Waals surface area contributed by atoms with Crippen molar-refractivity contribution >= 4 is 46.1 Å². The zero-order valence-corrected chi connectivity index (χ0v) is 16.6. The molecule has 9 nitrogen and oxygen atoms in total. The minimum Gasteiger partial charge on any atom is -0.403 e. The van der Waals surface area contributed by atoms with E-state index in [1.54, 1.807) is 43.5 Å². The molecule has 0 radical (unpaired) electrons. The van der Waals surface area contributed by atoms with Crippen LogP contribution in [-0.2, 0) is 0 Å². The van der Waals surface area contributed by atoms with Crippen molar-refractivity contribution in [3.8, 4) is 11.5 Å². The Morgan fingerprint density at radius 1 is 1.17 bits per heavy atom. The van der Waals surface area contributed by atoms with Crippen LogP contribution >= 0.6 is 11.6 Å². The van der Waals surface area contributed by atoms with Gasteiger partial charge < -0.3 is 14.6 Å². The number of aromatic nitrogens is 4. The fourth-order valence-corrected chi connectivity index (χ4v) is 2.80. The summed E-state index contributed by atoms with van der Waals surface area (Å²) < 4.78 is 19.0. The zero-order chi connectivity index (χ0) is 21.3. The lowest BCUT2D eigenvalue weighted by Crippen LogP contribution is -2.20. The molecular formula is C19H15ClFN7O2. The quantitative estimate of drug-likeness (QED) is 0.502. The van der Waals surface area contributed by atoms with Crippen molar-refractivity contribution in [2.24, 2.45) is 0 Å².